The van der Waals surface area contributed by atoms with E-state index in [9.17, 15) is 0 Å². The Hall–Kier alpha value is -1.64. The third-order valence-electron chi connectivity index (χ3n) is 1.79. The van der Waals surface area contributed by atoms with Gasteiger partial charge in [-0.15, -0.1) is 0 Å². The highest BCUT2D eigenvalue weighted by molar-refractivity contribution is 5.45. The average molecular weight is 208 g/mol. The second kappa shape index (κ2) is 5.29. The van der Waals surface area contributed by atoms with Crippen molar-refractivity contribution in [3.8, 4) is 17.2 Å². The van der Waals surface area contributed by atoms with E-state index in [1.807, 2.05) is 26.0 Å². The summed E-state index contributed by atoms with van der Waals surface area (Å²) in [7, 11) is 3.22. The van der Waals surface area contributed by atoms with Crippen LogP contribution in [0.25, 0.3) is 0 Å². The van der Waals surface area contributed by atoms with Crippen LogP contribution in [0.5, 0.6) is 17.2 Å². The summed E-state index contributed by atoms with van der Waals surface area (Å²) in [5.41, 5.74) is 1.09. The van der Waals surface area contributed by atoms with Crippen molar-refractivity contribution in [1.82, 2.24) is 0 Å². The molecule has 0 aliphatic carbocycles. The molecule has 15 heavy (non-hydrogen) atoms. The van der Waals surface area contributed by atoms with E-state index in [2.05, 4.69) is 0 Å². The van der Waals surface area contributed by atoms with Crippen molar-refractivity contribution < 1.29 is 14.2 Å². The van der Waals surface area contributed by atoms with E-state index in [0.29, 0.717) is 11.5 Å². The van der Waals surface area contributed by atoms with Crippen molar-refractivity contribution in [1.29, 1.82) is 0 Å². The zero-order valence-corrected chi connectivity index (χ0v) is 9.53. The highest BCUT2D eigenvalue weighted by atomic mass is 16.5. The lowest BCUT2D eigenvalue weighted by atomic mass is 10.3. The van der Waals surface area contributed by atoms with Crippen molar-refractivity contribution in [2.24, 2.45) is 0 Å². The van der Waals surface area contributed by atoms with Crippen molar-refractivity contribution in [2.45, 2.75) is 13.8 Å². The van der Waals surface area contributed by atoms with Crippen molar-refractivity contribution in [3.05, 3.63) is 30.0 Å². The molecule has 1 aromatic rings. The monoisotopic (exact) mass is 208 g/mol. The minimum Gasteiger partial charge on any atom is -0.497 e. The van der Waals surface area contributed by atoms with Crippen LogP contribution in [-0.2, 0) is 0 Å². The molecule has 0 saturated heterocycles. The van der Waals surface area contributed by atoms with Gasteiger partial charge in [-0.05, 0) is 31.6 Å². The molecule has 1 rings (SSSR count). The van der Waals surface area contributed by atoms with Gasteiger partial charge in [-0.3, -0.25) is 0 Å². The number of benzene rings is 1. The van der Waals surface area contributed by atoms with E-state index in [-0.39, 0.29) is 0 Å². The third-order valence-corrected chi connectivity index (χ3v) is 1.79. The standard InChI is InChI=1S/C12H16O3/c1-9(2)8-15-11-6-5-10(13-3)7-12(11)14-4/h5-8H,1-4H3. The third kappa shape index (κ3) is 3.20. The average Bonchev–Trinajstić information content (AvgIpc) is 2.25. The maximum absolute atomic E-state index is 5.45. The first kappa shape index (κ1) is 11.4. The molecule has 82 valence electrons. The summed E-state index contributed by atoms with van der Waals surface area (Å²) in [6, 6.07) is 5.43. The predicted molar refractivity (Wildman–Crippen MR) is 59.6 cm³/mol. The van der Waals surface area contributed by atoms with Gasteiger partial charge in [0.2, 0.25) is 0 Å². The maximum atomic E-state index is 5.45. The molecule has 0 bridgehead atoms. The van der Waals surface area contributed by atoms with Gasteiger partial charge in [0.15, 0.2) is 11.5 Å². The van der Waals surface area contributed by atoms with Gasteiger partial charge < -0.3 is 14.2 Å². The van der Waals surface area contributed by atoms with Crippen LogP contribution in [0.15, 0.2) is 30.0 Å². The van der Waals surface area contributed by atoms with Gasteiger partial charge in [0, 0.05) is 6.07 Å². The fourth-order valence-corrected chi connectivity index (χ4v) is 1.05. The van der Waals surface area contributed by atoms with Gasteiger partial charge in [0.05, 0.1) is 20.5 Å². The van der Waals surface area contributed by atoms with Crippen LogP contribution in [0.4, 0.5) is 0 Å². The van der Waals surface area contributed by atoms with Gasteiger partial charge in [-0.2, -0.15) is 0 Å². The topological polar surface area (TPSA) is 27.7 Å². The van der Waals surface area contributed by atoms with Crippen molar-refractivity contribution >= 4 is 0 Å². The molecule has 1 aromatic carbocycles. The molecule has 0 fully saturated rings. The van der Waals surface area contributed by atoms with E-state index < -0.39 is 0 Å². The van der Waals surface area contributed by atoms with E-state index in [4.69, 9.17) is 14.2 Å². The summed E-state index contributed by atoms with van der Waals surface area (Å²) in [4.78, 5) is 0. The Morgan fingerprint density at radius 1 is 1.07 bits per heavy atom. The Morgan fingerprint density at radius 3 is 2.33 bits per heavy atom. The molecule has 0 amide bonds. The minimum atomic E-state index is 0.659. The summed E-state index contributed by atoms with van der Waals surface area (Å²) in [6.07, 6.45) is 1.68. The number of rotatable bonds is 4. The van der Waals surface area contributed by atoms with Gasteiger partial charge in [0.1, 0.15) is 5.75 Å². The number of methoxy groups -OCH3 is 2. The van der Waals surface area contributed by atoms with Crippen molar-refractivity contribution in [2.75, 3.05) is 14.2 Å². The molecule has 0 saturated carbocycles. The van der Waals surface area contributed by atoms with Crippen LogP contribution < -0.4 is 14.2 Å². The second-order valence-electron chi connectivity index (χ2n) is 3.33. The number of allylic oxidation sites excluding steroid dienone is 1. The minimum absolute atomic E-state index is 0.659. The molecular weight excluding hydrogens is 192 g/mol. The second-order valence-corrected chi connectivity index (χ2v) is 3.33. The lowest BCUT2D eigenvalue weighted by Gasteiger charge is -2.09. The van der Waals surface area contributed by atoms with E-state index in [1.54, 1.807) is 26.5 Å². The Balaban J connectivity index is 2.92. The number of ether oxygens (including phenoxy) is 3. The quantitative estimate of drug-likeness (QED) is 0.712. The Morgan fingerprint density at radius 2 is 1.80 bits per heavy atom. The largest absolute Gasteiger partial charge is 0.497 e. The normalized spacial score (nSPS) is 9.33. The van der Waals surface area contributed by atoms with Crippen LogP contribution >= 0.6 is 0 Å². The lowest BCUT2D eigenvalue weighted by molar-refractivity contribution is 0.367. The smallest absolute Gasteiger partial charge is 0.168 e. The zero-order chi connectivity index (χ0) is 11.3. The fraction of sp³-hybridized carbons (Fsp3) is 0.333. The van der Waals surface area contributed by atoms with Gasteiger partial charge >= 0.3 is 0 Å². The summed E-state index contributed by atoms with van der Waals surface area (Å²) >= 11 is 0. The first-order valence-electron chi connectivity index (χ1n) is 4.69. The van der Waals surface area contributed by atoms with E-state index in [1.165, 1.54) is 0 Å². The predicted octanol–water partition coefficient (Wildman–Crippen LogP) is 3.01. The molecule has 0 heterocycles. The molecule has 0 aliphatic rings. The maximum Gasteiger partial charge on any atom is 0.168 e. The summed E-state index contributed by atoms with van der Waals surface area (Å²) in [5, 5.41) is 0. The molecule has 0 aliphatic heterocycles. The van der Waals surface area contributed by atoms with E-state index in [0.717, 1.165) is 11.3 Å². The number of hydrogen-bond acceptors (Lipinski definition) is 3. The van der Waals surface area contributed by atoms with Crippen LogP contribution in [0.1, 0.15) is 13.8 Å². The van der Waals surface area contributed by atoms with Gasteiger partial charge in [0.25, 0.3) is 0 Å². The van der Waals surface area contributed by atoms with Gasteiger partial charge in [-0.1, -0.05) is 0 Å². The van der Waals surface area contributed by atoms with E-state index >= 15 is 0 Å². The fourth-order valence-electron chi connectivity index (χ4n) is 1.05. The Labute approximate surface area is 90.3 Å². The molecule has 0 N–H and O–H groups in total. The summed E-state index contributed by atoms with van der Waals surface area (Å²) in [5.74, 6) is 2.09. The first-order valence-corrected chi connectivity index (χ1v) is 4.69. The Bertz CT molecular complexity index is 352. The van der Waals surface area contributed by atoms with Crippen LogP contribution in [0, 0.1) is 0 Å². The molecular formula is C12H16O3. The van der Waals surface area contributed by atoms with Gasteiger partial charge in [-0.25, -0.2) is 0 Å². The number of hydrogen-bond donors (Lipinski definition) is 0. The SMILES string of the molecule is COc1ccc(OC=C(C)C)c(OC)c1. The van der Waals surface area contributed by atoms with Crippen LogP contribution in [-0.4, -0.2) is 14.2 Å². The first-order chi connectivity index (χ1) is 7.17. The van der Waals surface area contributed by atoms with Crippen molar-refractivity contribution in [3.63, 3.8) is 0 Å². The highest BCUT2D eigenvalue weighted by Crippen LogP contribution is 2.31. The molecule has 0 aromatic heterocycles. The summed E-state index contributed by atoms with van der Waals surface area (Å²) in [6.45, 7) is 3.94. The van der Waals surface area contributed by atoms with Crippen LogP contribution in [0.3, 0.4) is 0 Å². The molecule has 0 radical (unpaired) electrons. The molecule has 0 unspecified atom stereocenters. The molecule has 3 heteroatoms. The molecule has 3 nitrogen and oxygen atoms in total. The molecule has 0 atom stereocenters. The Kier molecular flexibility index (Phi) is 4.03. The highest BCUT2D eigenvalue weighted by Gasteiger charge is 2.04. The lowest BCUT2D eigenvalue weighted by Crippen LogP contribution is -1.91. The zero-order valence-electron chi connectivity index (χ0n) is 9.53. The summed E-state index contributed by atoms with van der Waals surface area (Å²) < 4.78 is 15.7. The van der Waals surface area contributed by atoms with Crippen LogP contribution in [0.2, 0.25) is 0 Å². The molecule has 0 spiro atoms.